The molecule has 208 valence electrons. The third kappa shape index (κ3) is 9.11. The van der Waals surface area contributed by atoms with Crippen molar-refractivity contribution >= 4 is 47.1 Å². The summed E-state index contributed by atoms with van der Waals surface area (Å²) in [7, 11) is 0. The number of aromatic amines is 1. The highest BCUT2D eigenvalue weighted by Crippen LogP contribution is 2.16. The van der Waals surface area contributed by atoms with E-state index in [0.717, 1.165) is 16.3 Å². The number of fused-ring (bicyclic) bond motifs is 1. The van der Waals surface area contributed by atoms with Gasteiger partial charge in [-0.1, -0.05) is 42.5 Å². The number of carboxylic acid groups (broad SMARTS) is 1. The number of carboxylic acids is 1. The van der Waals surface area contributed by atoms with Crippen LogP contribution in [0.4, 0.5) is 0 Å². The minimum Gasteiger partial charge on any atom is -0.480 e. The Balaban J connectivity index is 1.67. The molecule has 7 N–H and O–H groups in total. The zero-order chi connectivity index (χ0) is 28.2. The van der Waals surface area contributed by atoms with Gasteiger partial charge in [-0.2, -0.15) is 12.6 Å². The molecule has 0 fully saturated rings. The molecule has 12 heteroatoms. The molecule has 0 aliphatic carbocycles. The summed E-state index contributed by atoms with van der Waals surface area (Å²) >= 11 is 4.17. The van der Waals surface area contributed by atoms with Gasteiger partial charge >= 0.3 is 5.97 Å². The molecule has 1 heterocycles. The SMILES string of the molecule is NCCCCC(NC(=O)[C@H](CS)NC(=O)C(Cc1cnc[nH]1)NC(=O)Cc1ccc2ccccc2c1)C(=O)O. The molecule has 0 radical (unpaired) electrons. The molecule has 11 nitrogen and oxygen atoms in total. The van der Waals surface area contributed by atoms with E-state index < -0.39 is 35.9 Å². The molecule has 3 amide bonds. The number of aromatic nitrogens is 2. The van der Waals surface area contributed by atoms with E-state index in [4.69, 9.17) is 5.73 Å². The van der Waals surface area contributed by atoms with Gasteiger partial charge < -0.3 is 31.8 Å². The summed E-state index contributed by atoms with van der Waals surface area (Å²) in [6, 6.07) is 10.3. The number of rotatable bonds is 15. The highest BCUT2D eigenvalue weighted by atomic mass is 32.1. The molecule has 0 spiro atoms. The Bertz CT molecular complexity index is 1270. The Kier molecular flexibility index (Phi) is 11.3. The van der Waals surface area contributed by atoms with Crippen molar-refractivity contribution in [3.05, 3.63) is 66.2 Å². The van der Waals surface area contributed by atoms with Crippen LogP contribution in [0.15, 0.2) is 55.0 Å². The lowest BCUT2D eigenvalue weighted by Crippen LogP contribution is -2.57. The fourth-order valence-electron chi connectivity index (χ4n) is 4.09. The number of benzene rings is 2. The first-order chi connectivity index (χ1) is 18.8. The predicted molar refractivity (Wildman–Crippen MR) is 150 cm³/mol. The molecular weight excluding hydrogens is 520 g/mol. The molecule has 2 unspecified atom stereocenters. The Morgan fingerprint density at radius 2 is 1.67 bits per heavy atom. The van der Waals surface area contributed by atoms with Crippen molar-refractivity contribution in [1.29, 1.82) is 0 Å². The van der Waals surface area contributed by atoms with Crippen LogP contribution in [0.5, 0.6) is 0 Å². The summed E-state index contributed by atoms with van der Waals surface area (Å²) < 4.78 is 0. The molecule has 0 bridgehead atoms. The van der Waals surface area contributed by atoms with Gasteiger partial charge in [0.25, 0.3) is 0 Å². The molecule has 39 heavy (non-hydrogen) atoms. The van der Waals surface area contributed by atoms with E-state index in [1.54, 1.807) is 0 Å². The van der Waals surface area contributed by atoms with Crippen LogP contribution < -0.4 is 21.7 Å². The summed E-state index contributed by atoms with van der Waals surface area (Å²) in [5.41, 5.74) is 6.86. The Labute approximate surface area is 231 Å². The maximum Gasteiger partial charge on any atom is 0.326 e. The zero-order valence-corrected chi connectivity index (χ0v) is 22.3. The summed E-state index contributed by atoms with van der Waals surface area (Å²) in [5.74, 6) is -2.92. The van der Waals surface area contributed by atoms with Crippen LogP contribution in [0.3, 0.4) is 0 Å². The van der Waals surface area contributed by atoms with Crippen LogP contribution >= 0.6 is 12.6 Å². The number of carbonyl (C=O) groups excluding carboxylic acids is 3. The molecule has 3 atom stereocenters. The smallest absolute Gasteiger partial charge is 0.326 e. The highest BCUT2D eigenvalue weighted by molar-refractivity contribution is 7.80. The highest BCUT2D eigenvalue weighted by Gasteiger charge is 2.29. The summed E-state index contributed by atoms with van der Waals surface area (Å²) in [4.78, 5) is 57.4. The van der Waals surface area contributed by atoms with E-state index in [9.17, 15) is 24.3 Å². The van der Waals surface area contributed by atoms with Crippen LogP contribution in [-0.4, -0.2) is 69.2 Å². The van der Waals surface area contributed by atoms with Crippen molar-refractivity contribution in [2.24, 2.45) is 5.73 Å². The molecule has 0 saturated carbocycles. The molecule has 0 saturated heterocycles. The van der Waals surface area contributed by atoms with Crippen molar-refractivity contribution in [2.45, 2.75) is 50.2 Å². The van der Waals surface area contributed by atoms with E-state index in [2.05, 4.69) is 38.5 Å². The number of imidazole rings is 1. The topological polar surface area (TPSA) is 179 Å². The van der Waals surface area contributed by atoms with Gasteiger partial charge in [-0.25, -0.2) is 9.78 Å². The van der Waals surface area contributed by atoms with Gasteiger partial charge in [-0.3, -0.25) is 14.4 Å². The fraction of sp³-hybridized carbons (Fsp3) is 0.370. The summed E-state index contributed by atoms with van der Waals surface area (Å²) in [6.07, 6.45) is 4.52. The van der Waals surface area contributed by atoms with E-state index in [1.165, 1.54) is 12.5 Å². The normalized spacial score (nSPS) is 13.3. The number of aliphatic carboxylic acids is 1. The number of nitrogens with one attached hydrogen (secondary N) is 4. The predicted octanol–water partition coefficient (Wildman–Crippen LogP) is 0.946. The van der Waals surface area contributed by atoms with E-state index in [0.29, 0.717) is 25.1 Å². The second-order valence-corrected chi connectivity index (χ2v) is 9.55. The molecule has 2 aromatic carbocycles. The van der Waals surface area contributed by atoms with Gasteiger partial charge in [0, 0.05) is 24.1 Å². The first-order valence-corrected chi connectivity index (χ1v) is 13.3. The van der Waals surface area contributed by atoms with Gasteiger partial charge in [-0.05, 0) is 42.1 Å². The number of amides is 3. The van der Waals surface area contributed by atoms with Gasteiger partial charge in [0.05, 0.1) is 12.7 Å². The van der Waals surface area contributed by atoms with Gasteiger partial charge in [0.15, 0.2) is 0 Å². The lowest BCUT2D eigenvalue weighted by molar-refractivity contribution is -0.142. The Morgan fingerprint density at radius 1 is 0.949 bits per heavy atom. The van der Waals surface area contributed by atoms with Gasteiger partial charge in [-0.15, -0.1) is 0 Å². The third-order valence-electron chi connectivity index (χ3n) is 6.19. The number of nitrogens with zero attached hydrogens (tertiary/aromatic N) is 1. The average molecular weight is 555 g/mol. The minimum atomic E-state index is -1.18. The van der Waals surface area contributed by atoms with Crippen LogP contribution in [0.1, 0.15) is 30.5 Å². The van der Waals surface area contributed by atoms with Crippen LogP contribution in [-0.2, 0) is 32.0 Å². The van der Waals surface area contributed by atoms with E-state index in [1.807, 2.05) is 42.5 Å². The van der Waals surface area contributed by atoms with Crippen molar-refractivity contribution in [2.75, 3.05) is 12.3 Å². The molecule has 1 aromatic heterocycles. The maximum absolute atomic E-state index is 13.2. The van der Waals surface area contributed by atoms with E-state index >= 15 is 0 Å². The number of unbranched alkanes of at least 4 members (excludes halogenated alkanes) is 1. The van der Waals surface area contributed by atoms with Crippen LogP contribution in [0.25, 0.3) is 10.8 Å². The molecule has 0 aliphatic rings. The maximum atomic E-state index is 13.2. The second kappa shape index (κ2) is 14.9. The summed E-state index contributed by atoms with van der Waals surface area (Å²) in [6.45, 7) is 0.417. The lowest BCUT2D eigenvalue weighted by atomic mass is 10.0. The van der Waals surface area contributed by atoms with Crippen LogP contribution in [0, 0.1) is 0 Å². The molecule has 0 aliphatic heterocycles. The van der Waals surface area contributed by atoms with Crippen molar-refractivity contribution in [1.82, 2.24) is 25.9 Å². The number of hydrogen-bond acceptors (Lipinski definition) is 7. The van der Waals surface area contributed by atoms with E-state index in [-0.39, 0.29) is 30.9 Å². The largest absolute Gasteiger partial charge is 0.480 e. The Morgan fingerprint density at radius 3 is 2.33 bits per heavy atom. The quantitative estimate of drug-likeness (QED) is 0.108. The first kappa shape index (κ1) is 29.7. The number of nitrogens with two attached hydrogens (primary N) is 1. The first-order valence-electron chi connectivity index (χ1n) is 12.7. The lowest BCUT2D eigenvalue weighted by Gasteiger charge is -2.23. The second-order valence-electron chi connectivity index (χ2n) is 9.19. The van der Waals surface area contributed by atoms with Crippen molar-refractivity contribution < 1.29 is 24.3 Å². The zero-order valence-electron chi connectivity index (χ0n) is 21.4. The number of carbonyl (C=O) groups is 4. The fourth-order valence-corrected chi connectivity index (χ4v) is 4.35. The molecule has 3 rings (SSSR count). The van der Waals surface area contributed by atoms with Crippen molar-refractivity contribution in [3.63, 3.8) is 0 Å². The average Bonchev–Trinajstić information content (AvgIpc) is 3.43. The van der Waals surface area contributed by atoms with Gasteiger partial charge in [0.1, 0.15) is 18.1 Å². The number of thiol groups is 1. The molecular formula is C27H34N6O5S. The minimum absolute atomic E-state index is 0.0527. The number of H-pyrrole nitrogens is 1. The standard InChI is InChI=1S/C27H34N6O5S/c28-10-4-3-7-21(27(37)38)32-26(36)23(15-39)33-25(35)22(13-20-14-29-16-30-20)31-24(34)12-17-8-9-18-5-1-2-6-19(18)11-17/h1-2,5-6,8-9,11,14,16,21-23,39H,3-4,7,10,12-13,15,28H2,(H,29,30)(H,31,34)(H,32,36)(H,33,35)(H,37,38)/t21?,22?,23-/m0/s1. The monoisotopic (exact) mass is 554 g/mol. The third-order valence-corrected chi connectivity index (χ3v) is 6.55. The van der Waals surface area contributed by atoms with Crippen LogP contribution in [0.2, 0.25) is 0 Å². The summed E-state index contributed by atoms with van der Waals surface area (Å²) in [5, 5.41) is 19.3. The number of hydrogen-bond donors (Lipinski definition) is 7. The molecule has 3 aromatic rings. The Hall–Kier alpha value is -3.90. The van der Waals surface area contributed by atoms with Crippen molar-refractivity contribution in [3.8, 4) is 0 Å². The van der Waals surface area contributed by atoms with Gasteiger partial charge in [0.2, 0.25) is 17.7 Å².